The highest BCUT2D eigenvalue weighted by molar-refractivity contribution is 7.80. The van der Waals surface area contributed by atoms with Crippen LogP contribution in [-0.4, -0.2) is 18.2 Å². The number of methoxy groups -OCH3 is 1. The van der Waals surface area contributed by atoms with Crippen LogP contribution < -0.4 is 10.6 Å². The largest absolute Gasteiger partial charge is 0.465 e. The molecule has 1 aliphatic rings. The predicted octanol–water partition coefficient (Wildman–Crippen LogP) is 4.88. The van der Waals surface area contributed by atoms with Gasteiger partial charge in [-0.2, -0.15) is 0 Å². The van der Waals surface area contributed by atoms with Crippen molar-refractivity contribution >= 4 is 40.6 Å². The molecule has 0 atom stereocenters. The van der Waals surface area contributed by atoms with Crippen molar-refractivity contribution in [3.05, 3.63) is 64.7 Å². The van der Waals surface area contributed by atoms with Crippen molar-refractivity contribution in [2.24, 2.45) is 0 Å². The third kappa shape index (κ3) is 4.00. The minimum absolute atomic E-state index is 0.262. The van der Waals surface area contributed by atoms with Crippen LogP contribution >= 0.6 is 23.8 Å². The summed E-state index contributed by atoms with van der Waals surface area (Å²) in [5, 5.41) is 7.91. The number of esters is 1. The topological polar surface area (TPSA) is 50.4 Å². The summed E-state index contributed by atoms with van der Waals surface area (Å²) in [5.74, 6) is -0.379. The molecule has 0 bridgehead atoms. The fraction of sp³-hybridized carbons (Fsp3) is 0.300. The van der Waals surface area contributed by atoms with Gasteiger partial charge in [-0.05, 0) is 54.9 Å². The number of halogens is 1. The van der Waals surface area contributed by atoms with Gasteiger partial charge in [0.05, 0.1) is 18.2 Å². The van der Waals surface area contributed by atoms with Gasteiger partial charge in [0.2, 0.25) is 0 Å². The molecule has 2 N–H and O–H groups in total. The van der Waals surface area contributed by atoms with E-state index in [1.165, 1.54) is 7.11 Å². The molecule has 0 heterocycles. The molecule has 26 heavy (non-hydrogen) atoms. The molecule has 0 unspecified atom stereocenters. The summed E-state index contributed by atoms with van der Waals surface area (Å²) in [6.07, 6.45) is 4.19. The molecule has 1 saturated carbocycles. The average molecular weight is 389 g/mol. The first-order chi connectivity index (χ1) is 12.5. The van der Waals surface area contributed by atoms with E-state index in [-0.39, 0.29) is 11.5 Å². The lowest BCUT2D eigenvalue weighted by Gasteiger charge is -2.33. The van der Waals surface area contributed by atoms with Crippen molar-refractivity contribution in [3.63, 3.8) is 0 Å². The van der Waals surface area contributed by atoms with Gasteiger partial charge >= 0.3 is 5.97 Å². The first kappa shape index (κ1) is 18.7. The number of rotatable bonds is 4. The summed E-state index contributed by atoms with van der Waals surface area (Å²) in [5.41, 5.74) is 2.02. The smallest absolute Gasteiger partial charge is 0.337 e. The monoisotopic (exact) mass is 388 g/mol. The summed E-state index contributed by atoms with van der Waals surface area (Å²) in [6.45, 7) is 0. The van der Waals surface area contributed by atoms with E-state index in [1.807, 2.05) is 24.3 Å². The SMILES string of the molecule is COC(=O)c1cccc(NC(=S)NC2(c3ccccc3Cl)CCCC2)c1. The minimum atomic E-state index is -0.379. The highest BCUT2D eigenvalue weighted by Gasteiger charge is 2.37. The molecule has 4 nitrogen and oxygen atoms in total. The maximum Gasteiger partial charge on any atom is 0.337 e. The Labute approximate surface area is 163 Å². The fourth-order valence-electron chi connectivity index (χ4n) is 3.51. The molecule has 0 radical (unpaired) electrons. The molecular weight excluding hydrogens is 368 g/mol. The molecule has 1 aliphatic carbocycles. The zero-order valence-corrected chi connectivity index (χ0v) is 16.1. The Bertz CT molecular complexity index is 819. The van der Waals surface area contributed by atoms with Crippen molar-refractivity contribution < 1.29 is 9.53 Å². The van der Waals surface area contributed by atoms with E-state index in [0.29, 0.717) is 10.7 Å². The number of carbonyl (C=O) groups excluding carboxylic acids is 1. The van der Waals surface area contributed by atoms with E-state index in [2.05, 4.69) is 16.7 Å². The molecule has 0 aromatic heterocycles. The number of hydrogen-bond donors (Lipinski definition) is 2. The molecule has 1 fully saturated rings. The van der Waals surface area contributed by atoms with Crippen LogP contribution in [0, 0.1) is 0 Å². The van der Waals surface area contributed by atoms with E-state index < -0.39 is 0 Å². The third-order valence-corrected chi connectivity index (χ3v) is 5.27. The lowest BCUT2D eigenvalue weighted by molar-refractivity contribution is 0.0601. The van der Waals surface area contributed by atoms with Gasteiger partial charge in [0.15, 0.2) is 5.11 Å². The number of hydrogen-bond acceptors (Lipinski definition) is 3. The molecule has 2 aromatic rings. The van der Waals surface area contributed by atoms with Crippen LogP contribution in [0.5, 0.6) is 0 Å². The number of carbonyl (C=O) groups is 1. The maximum atomic E-state index is 11.7. The van der Waals surface area contributed by atoms with Crippen LogP contribution in [0.1, 0.15) is 41.6 Å². The molecule has 0 saturated heterocycles. The molecule has 2 aromatic carbocycles. The van der Waals surface area contributed by atoms with Gasteiger partial charge in [0.1, 0.15) is 0 Å². The predicted molar refractivity (Wildman–Crippen MR) is 109 cm³/mol. The maximum absolute atomic E-state index is 11.7. The van der Waals surface area contributed by atoms with Gasteiger partial charge in [0.25, 0.3) is 0 Å². The Morgan fingerprint density at radius 2 is 1.88 bits per heavy atom. The van der Waals surface area contributed by atoms with E-state index in [0.717, 1.165) is 42.0 Å². The fourth-order valence-corrected chi connectivity index (χ4v) is 4.14. The van der Waals surface area contributed by atoms with E-state index in [4.69, 9.17) is 28.6 Å². The van der Waals surface area contributed by atoms with Gasteiger partial charge in [-0.15, -0.1) is 0 Å². The van der Waals surface area contributed by atoms with Gasteiger partial charge in [-0.1, -0.05) is 48.7 Å². The highest BCUT2D eigenvalue weighted by atomic mass is 35.5. The van der Waals surface area contributed by atoms with Crippen molar-refractivity contribution in [3.8, 4) is 0 Å². The van der Waals surface area contributed by atoms with Gasteiger partial charge in [0, 0.05) is 10.7 Å². The Morgan fingerprint density at radius 3 is 2.58 bits per heavy atom. The Hall–Kier alpha value is -2.11. The third-order valence-electron chi connectivity index (χ3n) is 4.74. The average Bonchev–Trinajstić information content (AvgIpc) is 3.10. The number of benzene rings is 2. The molecule has 6 heteroatoms. The summed E-state index contributed by atoms with van der Waals surface area (Å²) in [6, 6.07) is 15.0. The summed E-state index contributed by atoms with van der Waals surface area (Å²) < 4.78 is 4.76. The Kier molecular flexibility index (Phi) is 5.79. The van der Waals surface area contributed by atoms with Crippen LogP contribution in [0.3, 0.4) is 0 Å². The normalized spacial score (nSPS) is 15.3. The summed E-state index contributed by atoms with van der Waals surface area (Å²) in [4.78, 5) is 11.7. The van der Waals surface area contributed by atoms with E-state index in [1.54, 1.807) is 18.2 Å². The molecule has 0 amide bonds. The standard InChI is InChI=1S/C20H21ClN2O2S/c1-25-18(24)14-7-6-8-15(13-14)22-19(26)23-20(11-4-5-12-20)16-9-2-3-10-17(16)21/h2-3,6-10,13H,4-5,11-12H2,1H3,(H2,22,23,26). The second-order valence-electron chi connectivity index (χ2n) is 6.42. The van der Waals surface area contributed by atoms with Crippen LogP contribution in [0.4, 0.5) is 5.69 Å². The Balaban J connectivity index is 1.78. The van der Waals surface area contributed by atoms with Crippen molar-refractivity contribution in [2.75, 3.05) is 12.4 Å². The first-order valence-electron chi connectivity index (χ1n) is 8.57. The van der Waals surface area contributed by atoms with Gasteiger partial charge < -0.3 is 15.4 Å². The van der Waals surface area contributed by atoms with E-state index in [9.17, 15) is 4.79 Å². The van der Waals surface area contributed by atoms with Crippen molar-refractivity contribution in [1.29, 1.82) is 0 Å². The molecule has 3 rings (SSSR count). The zero-order valence-electron chi connectivity index (χ0n) is 14.5. The summed E-state index contributed by atoms with van der Waals surface area (Å²) >= 11 is 12.0. The van der Waals surface area contributed by atoms with Crippen LogP contribution in [0.25, 0.3) is 0 Å². The molecule has 136 valence electrons. The van der Waals surface area contributed by atoms with Crippen LogP contribution in [-0.2, 0) is 10.3 Å². The number of anilines is 1. The molecule has 0 aliphatic heterocycles. The van der Waals surface area contributed by atoms with Crippen LogP contribution in [0.15, 0.2) is 48.5 Å². The van der Waals surface area contributed by atoms with E-state index >= 15 is 0 Å². The van der Waals surface area contributed by atoms with Gasteiger partial charge in [-0.25, -0.2) is 4.79 Å². The number of thiocarbonyl (C=S) groups is 1. The number of ether oxygens (including phenoxy) is 1. The highest BCUT2D eigenvalue weighted by Crippen LogP contribution is 2.41. The lowest BCUT2D eigenvalue weighted by Crippen LogP contribution is -2.45. The second-order valence-corrected chi connectivity index (χ2v) is 7.24. The van der Waals surface area contributed by atoms with Crippen LogP contribution in [0.2, 0.25) is 5.02 Å². The summed E-state index contributed by atoms with van der Waals surface area (Å²) in [7, 11) is 1.36. The zero-order chi connectivity index (χ0) is 18.6. The molecule has 0 spiro atoms. The first-order valence-corrected chi connectivity index (χ1v) is 9.35. The quantitative estimate of drug-likeness (QED) is 0.577. The Morgan fingerprint density at radius 1 is 1.15 bits per heavy atom. The van der Waals surface area contributed by atoms with Crippen molar-refractivity contribution in [2.45, 2.75) is 31.2 Å². The molecular formula is C20H21ClN2O2S. The minimum Gasteiger partial charge on any atom is -0.465 e. The lowest BCUT2D eigenvalue weighted by atomic mass is 9.88. The van der Waals surface area contributed by atoms with Gasteiger partial charge in [-0.3, -0.25) is 0 Å². The second kappa shape index (κ2) is 8.06. The van der Waals surface area contributed by atoms with Crippen molar-refractivity contribution in [1.82, 2.24) is 5.32 Å². The number of nitrogens with one attached hydrogen (secondary N) is 2.